The molecule has 0 amide bonds. The topological polar surface area (TPSA) is 63.0 Å². The first-order chi connectivity index (χ1) is 10.6. The van der Waals surface area contributed by atoms with Gasteiger partial charge in [-0.3, -0.25) is 0 Å². The normalized spacial score (nSPS) is 35.8. The Balaban J connectivity index is 0.00000156. The van der Waals surface area contributed by atoms with Crippen LogP contribution in [0.15, 0.2) is 4.42 Å². The Morgan fingerprint density at radius 1 is 1.13 bits per heavy atom. The zero-order valence-electron chi connectivity index (χ0n) is 14.2. The van der Waals surface area contributed by atoms with Gasteiger partial charge in [0, 0.05) is 6.04 Å². The highest BCUT2D eigenvalue weighted by Gasteiger charge is 2.50. The Bertz CT molecular complexity index is 497. The van der Waals surface area contributed by atoms with Gasteiger partial charge in [0.15, 0.2) is 0 Å². The summed E-state index contributed by atoms with van der Waals surface area (Å²) in [5.74, 6) is 3.70. The Labute approximate surface area is 144 Å². The van der Waals surface area contributed by atoms with Crippen LogP contribution in [0.25, 0.3) is 0 Å². The minimum atomic E-state index is 0. The lowest BCUT2D eigenvalue weighted by Crippen LogP contribution is -2.47. The Morgan fingerprint density at radius 2 is 1.74 bits per heavy atom. The lowest BCUT2D eigenvalue weighted by atomic mass is 9.48. The highest BCUT2D eigenvalue weighted by atomic mass is 35.5. The van der Waals surface area contributed by atoms with Crippen LogP contribution < -0.4 is 10.6 Å². The van der Waals surface area contributed by atoms with Crippen LogP contribution in [0, 0.1) is 23.2 Å². The molecule has 0 spiro atoms. The first kappa shape index (κ1) is 17.0. The van der Waals surface area contributed by atoms with Crippen LogP contribution in [0.3, 0.4) is 0 Å². The number of rotatable bonds is 6. The molecule has 1 aromatic rings. The second-order valence-corrected chi connectivity index (χ2v) is 8.20. The molecule has 4 aliphatic rings. The van der Waals surface area contributed by atoms with Gasteiger partial charge in [0.05, 0.1) is 6.54 Å². The predicted octanol–water partition coefficient (Wildman–Crippen LogP) is 3.62. The van der Waals surface area contributed by atoms with Crippen molar-refractivity contribution in [1.29, 1.82) is 0 Å². The van der Waals surface area contributed by atoms with Crippen LogP contribution >= 0.6 is 12.4 Å². The van der Waals surface area contributed by atoms with Crippen LogP contribution in [0.5, 0.6) is 0 Å². The molecule has 2 N–H and O–H groups in total. The zero-order valence-corrected chi connectivity index (χ0v) is 15.0. The molecule has 5 rings (SSSR count). The fourth-order valence-corrected chi connectivity index (χ4v) is 5.99. The number of aromatic nitrogens is 2. The molecular weight excluding hydrogens is 312 g/mol. The number of anilines is 1. The van der Waals surface area contributed by atoms with E-state index in [-0.39, 0.29) is 12.4 Å². The maximum absolute atomic E-state index is 5.62. The van der Waals surface area contributed by atoms with E-state index in [4.69, 9.17) is 4.42 Å². The average molecular weight is 341 g/mol. The molecule has 4 aliphatic carbocycles. The summed E-state index contributed by atoms with van der Waals surface area (Å²) >= 11 is 0. The lowest BCUT2D eigenvalue weighted by Gasteiger charge is -2.57. The molecule has 0 saturated heterocycles. The summed E-state index contributed by atoms with van der Waals surface area (Å²) in [4.78, 5) is 0. The standard InChI is InChI=1S/C17H28N4O.ClH/c1-11(19-16-21-20-15(22-16)10-18-2)6-17-7-12-3-13(8-17)5-14(4-12)9-17;/h11-14,18H,3-10H2,1-2H3,(H,19,21);1H. The van der Waals surface area contributed by atoms with Gasteiger partial charge in [-0.05, 0) is 82.1 Å². The van der Waals surface area contributed by atoms with Gasteiger partial charge >= 0.3 is 6.01 Å². The van der Waals surface area contributed by atoms with E-state index in [9.17, 15) is 0 Å². The smallest absolute Gasteiger partial charge is 0.315 e. The molecule has 5 nitrogen and oxygen atoms in total. The molecule has 23 heavy (non-hydrogen) atoms. The van der Waals surface area contributed by atoms with Gasteiger partial charge in [0.2, 0.25) is 5.89 Å². The van der Waals surface area contributed by atoms with E-state index in [1.165, 1.54) is 44.9 Å². The van der Waals surface area contributed by atoms with E-state index in [2.05, 4.69) is 27.8 Å². The van der Waals surface area contributed by atoms with Crippen molar-refractivity contribution >= 4 is 18.4 Å². The number of nitrogens with zero attached hydrogens (tertiary/aromatic N) is 2. The van der Waals surface area contributed by atoms with Gasteiger partial charge in [-0.1, -0.05) is 5.10 Å². The molecule has 1 unspecified atom stereocenters. The lowest BCUT2D eigenvalue weighted by molar-refractivity contribution is -0.0588. The number of halogens is 1. The first-order valence-electron chi connectivity index (χ1n) is 8.88. The van der Waals surface area contributed by atoms with Gasteiger partial charge < -0.3 is 15.1 Å². The third kappa shape index (κ3) is 3.50. The fourth-order valence-electron chi connectivity index (χ4n) is 5.99. The summed E-state index contributed by atoms with van der Waals surface area (Å²) in [6, 6.07) is 0.974. The first-order valence-corrected chi connectivity index (χ1v) is 8.88. The summed E-state index contributed by atoms with van der Waals surface area (Å²) in [7, 11) is 1.88. The quantitative estimate of drug-likeness (QED) is 0.828. The van der Waals surface area contributed by atoms with Crippen molar-refractivity contribution in [2.24, 2.45) is 23.2 Å². The van der Waals surface area contributed by atoms with Gasteiger partial charge in [-0.25, -0.2) is 0 Å². The molecule has 0 aliphatic heterocycles. The molecule has 1 heterocycles. The van der Waals surface area contributed by atoms with E-state index in [0.717, 1.165) is 17.8 Å². The third-order valence-electron chi connectivity index (χ3n) is 6.07. The highest BCUT2D eigenvalue weighted by molar-refractivity contribution is 5.85. The second kappa shape index (κ2) is 6.60. The van der Waals surface area contributed by atoms with Crippen LogP contribution in [-0.2, 0) is 6.54 Å². The van der Waals surface area contributed by atoms with Crippen LogP contribution in [0.4, 0.5) is 6.01 Å². The molecule has 0 radical (unpaired) electrons. The zero-order chi connectivity index (χ0) is 15.2. The molecular formula is C17H29ClN4O. The van der Waals surface area contributed by atoms with Crippen molar-refractivity contribution in [2.45, 2.75) is 64.5 Å². The van der Waals surface area contributed by atoms with Crippen molar-refractivity contribution in [1.82, 2.24) is 15.5 Å². The second-order valence-electron chi connectivity index (χ2n) is 8.20. The van der Waals surface area contributed by atoms with E-state index in [1.807, 2.05) is 7.05 Å². The molecule has 1 aromatic heterocycles. The number of hydrogen-bond acceptors (Lipinski definition) is 5. The average Bonchev–Trinajstić information content (AvgIpc) is 2.83. The molecule has 1 atom stereocenters. The predicted molar refractivity (Wildman–Crippen MR) is 92.6 cm³/mol. The molecule has 4 bridgehead atoms. The van der Waals surface area contributed by atoms with E-state index >= 15 is 0 Å². The van der Waals surface area contributed by atoms with Crippen molar-refractivity contribution in [3.63, 3.8) is 0 Å². The van der Waals surface area contributed by atoms with Crippen molar-refractivity contribution < 1.29 is 4.42 Å². The molecule has 4 saturated carbocycles. The monoisotopic (exact) mass is 340 g/mol. The Hall–Kier alpha value is -0.810. The molecule has 0 aromatic carbocycles. The minimum absolute atomic E-state index is 0. The van der Waals surface area contributed by atoms with Crippen molar-refractivity contribution in [3.8, 4) is 0 Å². The number of hydrogen-bond donors (Lipinski definition) is 2. The molecule has 6 heteroatoms. The van der Waals surface area contributed by atoms with Gasteiger partial charge in [0.25, 0.3) is 0 Å². The van der Waals surface area contributed by atoms with Gasteiger partial charge in [-0.2, -0.15) is 0 Å². The van der Waals surface area contributed by atoms with Crippen LogP contribution in [-0.4, -0.2) is 23.3 Å². The summed E-state index contributed by atoms with van der Waals surface area (Å²) < 4.78 is 5.62. The van der Waals surface area contributed by atoms with E-state index in [1.54, 1.807) is 0 Å². The van der Waals surface area contributed by atoms with E-state index in [0.29, 0.717) is 29.9 Å². The summed E-state index contributed by atoms with van der Waals surface area (Å²) in [6.07, 6.45) is 10.2. The number of nitrogens with one attached hydrogen (secondary N) is 2. The third-order valence-corrected chi connectivity index (χ3v) is 6.07. The van der Waals surface area contributed by atoms with Crippen molar-refractivity contribution in [2.75, 3.05) is 12.4 Å². The fraction of sp³-hybridized carbons (Fsp3) is 0.882. The SMILES string of the molecule is CNCc1nnc(NC(C)CC23CC4CC(CC(C4)C2)C3)o1.Cl. The molecule has 4 fully saturated rings. The summed E-state index contributed by atoms with van der Waals surface area (Å²) in [6.45, 7) is 2.89. The minimum Gasteiger partial charge on any atom is -0.407 e. The molecule has 130 valence electrons. The Morgan fingerprint density at radius 3 is 2.30 bits per heavy atom. The van der Waals surface area contributed by atoms with Crippen LogP contribution in [0.1, 0.15) is 57.8 Å². The highest BCUT2D eigenvalue weighted by Crippen LogP contribution is 2.61. The maximum atomic E-state index is 5.62. The van der Waals surface area contributed by atoms with Crippen molar-refractivity contribution in [3.05, 3.63) is 5.89 Å². The van der Waals surface area contributed by atoms with E-state index < -0.39 is 0 Å². The Kier molecular flexibility index (Phi) is 4.88. The maximum Gasteiger partial charge on any atom is 0.315 e. The summed E-state index contributed by atoms with van der Waals surface area (Å²) in [5, 5.41) is 14.6. The largest absolute Gasteiger partial charge is 0.407 e. The van der Waals surface area contributed by atoms with Gasteiger partial charge in [-0.15, -0.1) is 17.5 Å². The van der Waals surface area contributed by atoms with Gasteiger partial charge in [0.1, 0.15) is 0 Å². The summed E-state index contributed by atoms with van der Waals surface area (Å²) in [5.41, 5.74) is 0.592. The van der Waals surface area contributed by atoms with Crippen LogP contribution in [0.2, 0.25) is 0 Å².